The first-order valence-corrected chi connectivity index (χ1v) is 7.08. The van der Waals surface area contributed by atoms with Crippen LogP contribution in [0.25, 0.3) is 0 Å². The Morgan fingerprint density at radius 2 is 1.87 bits per heavy atom. The number of hydrogen-bond donors (Lipinski definition) is 2. The van der Waals surface area contributed by atoms with Crippen LogP contribution in [0, 0.1) is 0 Å². The third-order valence-electron chi connectivity index (χ3n) is 4.06. The van der Waals surface area contributed by atoms with Crippen molar-refractivity contribution < 1.29 is 22.8 Å². The molecule has 2 atom stereocenters. The van der Waals surface area contributed by atoms with Crippen LogP contribution in [0.1, 0.15) is 46.8 Å². The summed E-state index contributed by atoms with van der Waals surface area (Å²) in [6.45, 7) is 0. The molecule has 0 saturated carbocycles. The van der Waals surface area contributed by atoms with E-state index in [0.29, 0.717) is 30.5 Å². The molecule has 3 rings (SSSR count). The largest absolute Gasteiger partial charge is 0.471 e. The lowest BCUT2D eigenvalue weighted by atomic mass is 10.1. The summed E-state index contributed by atoms with van der Waals surface area (Å²) in [5.74, 6) is -1.87. The van der Waals surface area contributed by atoms with Gasteiger partial charge in [0.25, 0.3) is 0 Å². The maximum Gasteiger partial charge on any atom is 0.471 e. The third kappa shape index (κ3) is 2.76. The first-order valence-electron chi connectivity index (χ1n) is 7.08. The van der Waals surface area contributed by atoms with Crippen molar-refractivity contribution in [3.05, 3.63) is 47.5 Å². The number of carbonyl (C=O) groups is 2. The average Bonchev–Trinajstić information content (AvgIpc) is 3.23. The Balaban J connectivity index is 1.98. The minimum absolute atomic E-state index is 0.266. The number of nitrogens with one attached hydrogen (secondary N) is 2. The molecule has 0 radical (unpaired) electrons. The van der Waals surface area contributed by atoms with E-state index < -0.39 is 24.2 Å². The van der Waals surface area contributed by atoms with Crippen LogP contribution in [0.3, 0.4) is 0 Å². The SMILES string of the molecule is O=Cc1ccc(C2CCC(c3ccc[nH]3)N2C(=O)C(F)(F)F)[nH]1. The Morgan fingerprint density at radius 1 is 1.17 bits per heavy atom. The molecular formula is C15H14F3N3O2. The van der Waals surface area contributed by atoms with Gasteiger partial charge in [-0.2, -0.15) is 13.2 Å². The Morgan fingerprint density at radius 3 is 2.39 bits per heavy atom. The second kappa shape index (κ2) is 5.60. The molecule has 2 aromatic rings. The molecule has 0 bridgehead atoms. The summed E-state index contributed by atoms with van der Waals surface area (Å²) in [5.41, 5.74) is 1.26. The Bertz CT molecular complexity index is 706. The molecule has 0 aliphatic carbocycles. The van der Waals surface area contributed by atoms with Gasteiger partial charge in [0.05, 0.1) is 17.8 Å². The van der Waals surface area contributed by atoms with Gasteiger partial charge in [0.2, 0.25) is 0 Å². The number of aromatic amines is 2. The molecule has 1 saturated heterocycles. The molecule has 0 spiro atoms. The van der Waals surface area contributed by atoms with Crippen LogP contribution in [0.5, 0.6) is 0 Å². The first-order chi connectivity index (χ1) is 10.9. The molecule has 1 aliphatic heterocycles. The van der Waals surface area contributed by atoms with Crippen LogP contribution in [-0.4, -0.2) is 33.2 Å². The van der Waals surface area contributed by atoms with Crippen molar-refractivity contribution in [2.45, 2.75) is 31.1 Å². The Labute approximate surface area is 129 Å². The molecule has 2 aromatic heterocycles. The van der Waals surface area contributed by atoms with E-state index in [-0.39, 0.29) is 5.69 Å². The summed E-state index contributed by atoms with van der Waals surface area (Å²) < 4.78 is 39.0. The lowest BCUT2D eigenvalue weighted by molar-refractivity contribution is -0.189. The van der Waals surface area contributed by atoms with E-state index in [9.17, 15) is 22.8 Å². The minimum atomic E-state index is -4.95. The van der Waals surface area contributed by atoms with Crippen molar-refractivity contribution in [1.29, 1.82) is 0 Å². The summed E-state index contributed by atoms with van der Waals surface area (Å²) in [7, 11) is 0. The second-order valence-corrected chi connectivity index (χ2v) is 5.43. The Kier molecular flexibility index (Phi) is 3.75. The zero-order chi connectivity index (χ0) is 16.6. The molecule has 1 amide bonds. The monoisotopic (exact) mass is 325 g/mol. The van der Waals surface area contributed by atoms with Crippen LogP contribution in [-0.2, 0) is 4.79 Å². The molecule has 1 fully saturated rings. The van der Waals surface area contributed by atoms with E-state index >= 15 is 0 Å². The molecule has 1 aliphatic rings. The highest BCUT2D eigenvalue weighted by atomic mass is 19.4. The zero-order valence-corrected chi connectivity index (χ0v) is 11.9. The van der Waals surface area contributed by atoms with Gasteiger partial charge in [-0.3, -0.25) is 9.59 Å². The van der Waals surface area contributed by atoms with Crippen molar-refractivity contribution in [2.24, 2.45) is 0 Å². The Hall–Kier alpha value is -2.51. The van der Waals surface area contributed by atoms with Gasteiger partial charge >= 0.3 is 12.1 Å². The number of nitrogens with zero attached hydrogens (tertiary/aromatic N) is 1. The van der Waals surface area contributed by atoms with E-state index in [1.165, 1.54) is 6.07 Å². The summed E-state index contributed by atoms with van der Waals surface area (Å²) in [5, 5.41) is 0. The number of amides is 1. The maximum atomic E-state index is 13.0. The highest BCUT2D eigenvalue weighted by Gasteiger charge is 2.50. The molecular weight excluding hydrogens is 311 g/mol. The topological polar surface area (TPSA) is 69.0 Å². The predicted octanol–water partition coefficient (Wildman–Crippen LogP) is 3.12. The van der Waals surface area contributed by atoms with Crippen molar-refractivity contribution in [2.75, 3.05) is 0 Å². The van der Waals surface area contributed by atoms with Gasteiger partial charge < -0.3 is 14.9 Å². The number of likely N-dealkylation sites (tertiary alicyclic amines) is 1. The van der Waals surface area contributed by atoms with Gasteiger partial charge in [-0.05, 0) is 37.1 Å². The number of aromatic nitrogens is 2. The quantitative estimate of drug-likeness (QED) is 0.851. The van der Waals surface area contributed by atoms with E-state index in [2.05, 4.69) is 9.97 Å². The normalized spacial score (nSPS) is 21.6. The van der Waals surface area contributed by atoms with Gasteiger partial charge in [0.1, 0.15) is 0 Å². The second-order valence-electron chi connectivity index (χ2n) is 5.43. The highest BCUT2D eigenvalue weighted by molar-refractivity contribution is 5.83. The first kappa shape index (κ1) is 15.4. The number of halogens is 3. The average molecular weight is 325 g/mol. The van der Waals surface area contributed by atoms with Crippen LogP contribution >= 0.6 is 0 Å². The van der Waals surface area contributed by atoms with E-state index in [1.54, 1.807) is 24.4 Å². The van der Waals surface area contributed by atoms with Crippen molar-refractivity contribution in [1.82, 2.24) is 14.9 Å². The highest BCUT2D eigenvalue weighted by Crippen LogP contribution is 2.45. The standard InChI is InChI=1S/C15H14F3N3O2/c16-15(17,18)14(23)21-12(10-2-1-7-19-10)5-6-13(21)11-4-3-9(8-22)20-11/h1-4,7-8,12-13,19-20H,5-6H2. The van der Waals surface area contributed by atoms with Crippen molar-refractivity contribution >= 4 is 12.2 Å². The summed E-state index contributed by atoms with van der Waals surface area (Å²) >= 11 is 0. The summed E-state index contributed by atoms with van der Waals surface area (Å²) in [4.78, 5) is 29.2. The number of hydrogen-bond acceptors (Lipinski definition) is 2. The fourth-order valence-corrected chi connectivity index (χ4v) is 3.10. The molecule has 2 unspecified atom stereocenters. The zero-order valence-electron chi connectivity index (χ0n) is 11.9. The van der Waals surface area contributed by atoms with Gasteiger partial charge in [0.15, 0.2) is 6.29 Å². The van der Waals surface area contributed by atoms with E-state index in [4.69, 9.17) is 0 Å². The van der Waals surface area contributed by atoms with Crippen molar-refractivity contribution in [3.8, 4) is 0 Å². The van der Waals surface area contributed by atoms with Crippen LogP contribution < -0.4 is 0 Å². The molecule has 3 heterocycles. The lowest BCUT2D eigenvalue weighted by Gasteiger charge is -2.30. The fourth-order valence-electron chi connectivity index (χ4n) is 3.10. The summed E-state index contributed by atoms with van der Waals surface area (Å²) in [6, 6.07) is 4.95. The molecule has 122 valence electrons. The molecule has 0 aromatic carbocycles. The number of alkyl halides is 3. The smallest absolute Gasteiger partial charge is 0.363 e. The molecule has 2 N–H and O–H groups in total. The van der Waals surface area contributed by atoms with Gasteiger partial charge in [-0.1, -0.05) is 0 Å². The fraction of sp³-hybridized carbons (Fsp3) is 0.333. The molecule has 5 nitrogen and oxygen atoms in total. The van der Waals surface area contributed by atoms with Crippen molar-refractivity contribution in [3.63, 3.8) is 0 Å². The number of rotatable bonds is 3. The lowest BCUT2D eigenvalue weighted by Crippen LogP contribution is -2.42. The number of aldehydes is 1. The molecule has 23 heavy (non-hydrogen) atoms. The van der Waals surface area contributed by atoms with Gasteiger partial charge in [-0.25, -0.2) is 0 Å². The van der Waals surface area contributed by atoms with E-state index in [0.717, 1.165) is 4.90 Å². The van der Waals surface area contributed by atoms with Gasteiger partial charge in [-0.15, -0.1) is 0 Å². The van der Waals surface area contributed by atoms with Crippen LogP contribution in [0.15, 0.2) is 30.5 Å². The molecule has 8 heteroatoms. The predicted molar refractivity (Wildman–Crippen MR) is 74.6 cm³/mol. The van der Waals surface area contributed by atoms with Gasteiger partial charge in [0, 0.05) is 17.6 Å². The maximum absolute atomic E-state index is 13.0. The van der Waals surface area contributed by atoms with Crippen LogP contribution in [0.4, 0.5) is 13.2 Å². The van der Waals surface area contributed by atoms with Crippen LogP contribution in [0.2, 0.25) is 0 Å². The van der Waals surface area contributed by atoms with E-state index in [1.807, 2.05) is 0 Å². The number of carbonyl (C=O) groups excluding carboxylic acids is 2. The minimum Gasteiger partial charge on any atom is -0.363 e. The third-order valence-corrected chi connectivity index (χ3v) is 4.06. The summed E-state index contributed by atoms with van der Waals surface area (Å²) in [6.07, 6.45) is -1.98. The number of H-pyrrole nitrogens is 2.